The minimum absolute atomic E-state index is 0.209. The normalized spacial score (nSPS) is 15.9. The Kier molecular flexibility index (Phi) is 2.62. The predicted octanol–water partition coefficient (Wildman–Crippen LogP) is 2.13. The quantitative estimate of drug-likeness (QED) is 0.740. The highest BCUT2D eigenvalue weighted by Crippen LogP contribution is 2.27. The van der Waals surface area contributed by atoms with Gasteiger partial charge in [-0.05, 0) is 25.0 Å². The maximum Gasteiger partial charge on any atom is 0.227 e. The molecule has 0 unspecified atom stereocenters. The molecule has 1 aliphatic heterocycles. The lowest BCUT2D eigenvalue weighted by molar-refractivity contribution is -0.117. The van der Waals surface area contributed by atoms with Crippen LogP contribution >= 0.6 is 0 Å². The summed E-state index contributed by atoms with van der Waals surface area (Å²) >= 11 is 0. The van der Waals surface area contributed by atoms with Crippen LogP contribution in [0, 0.1) is 6.92 Å². The summed E-state index contributed by atoms with van der Waals surface area (Å²) in [5.74, 6) is 1.05. The molecule has 3 nitrogen and oxygen atoms in total. The molecule has 1 saturated heterocycles. The van der Waals surface area contributed by atoms with Crippen molar-refractivity contribution in [1.82, 2.24) is 0 Å². The molecule has 3 heteroatoms. The first-order chi connectivity index (χ1) is 7.22. The highest BCUT2D eigenvalue weighted by molar-refractivity contribution is 5.95. The van der Waals surface area contributed by atoms with Crippen LogP contribution in [0.25, 0.3) is 0 Å². The number of ether oxygens (including phenoxy) is 1. The minimum atomic E-state index is 0.209. The summed E-state index contributed by atoms with van der Waals surface area (Å²) in [7, 11) is 1.65. The largest absolute Gasteiger partial charge is 0.496 e. The van der Waals surface area contributed by atoms with Crippen molar-refractivity contribution >= 4 is 11.6 Å². The van der Waals surface area contributed by atoms with Gasteiger partial charge >= 0.3 is 0 Å². The van der Waals surface area contributed by atoms with Crippen molar-refractivity contribution in [3.05, 3.63) is 23.8 Å². The van der Waals surface area contributed by atoms with Gasteiger partial charge in [0, 0.05) is 24.7 Å². The highest BCUT2D eigenvalue weighted by atomic mass is 16.5. The van der Waals surface area contributed by atoms with E-state index in [1.807, 2.05) is 30.0 Å². The molecule has 1 heterocycles. The highest BCUT2D eigenvalue weighted by Gasteiger charge is 2.21. The molecule has 1 aromatic rings. The smallest absolute Gasteiger partial charge is 0.227 e. The first-order valence-corrected chi connectivity index (χ1v) is 5.17. The Morgan fingerprint density at radius 1 is 1.40 bits per heavy atom. The van der Waals surface area contributed by atoms with Gasteiger partial charge in [0.05, 0.1) is 7.11 Å². The van der Waals surface area contributed by atoms with E-state index in [9.17, 15) is 4.79 Å². The number of rotatable bonds is 2. The molecule has 1 amide bonds. The lowest BCUT2D eigenvalue weighted by atomic mass is 10.2. The van der Waals surface area contributed by atoms with E-state index in [2.05, 4.69) is 0 Å². The van der Waals surface area contributed by atoms with Gasteiger partial charge in [0.1, 0.15) is 5.75 Å². The number of nitrogens with zero attached hydrogens (tertiary/aromatic N) is 1. The summed E-state index contributed by atoms with van der Waals surface area (Å²) in [6.07, 6.45) is 1.62. The van der Waals surface area contributed by atoms with Crippen molar-refractivity contribution in [1.29, 1.82) is 0 Å². The van der Waals surface area contributed by atoms with E-state index < -0.39 is 0 Å². The number of carbonyl (C=O) groups is 1. The summed E-state index contributed by atoms with van der Waals surface area (Å²) in [4.78, 5) is 13.4. The number of aryl methyl sites for hydroxylation is 1. The Bertz CT molecular complexity index is 387. The number of benzene rings is 1. The first-order valence-electron chi connectivity index (χ1n) is 5.17. The average molecular weight is 205 g/mol. The summed E-state index contributed by atoms with van der Waals surface area (Å²) in [6.45, 7) is 2.82. The lowest BCUT2D eigenvalue weighted by Gasteiger charge is -2.17. The van der Waals surface area contributed by atoms with Gasteiger partial charge in [-0.25, -0.2) is 0 Å². The maximum absolute atomic E-state index is 11.5. The van der Waals surface area contributed by atoms with E-state index in [1.165, 1.54) is 0 Å². The maximum atomic E-state index is 11.5. The number of amides is 1. The van der Waals surface area contributed by atoms with Gasteiger partial charge in [0.15, 0.2) is 0 Å². The molecule has 1 aliphatic rings. The molecule has 0 aliphatic carbocycles. The number of anilines is 1. The van der Waals surface area contributed by atoms with Crippen LogP contribution in [0.2, 0.25) is 0 Å². The molecular weight excluding hydrogens is 190 g/mol. The van der Waals surface area contributed by atoms with Crippen LogP contribution in [0.15, 0.2) is 18.2 Å². The molecular formula is C12H15NO2. The summed E-state index contributed by atoms with van der Waals surface area (Å²) in [5, 5.41) is 0. The Morgan fingerprint density at radius 2 is 2.20 bits per heavy atom. The zero-order chi connectivity index (χ0) is 10.8. The monoisotopic (exact) mass is 205 g/mol. The van der Waals surface area contributed by atoms with Crippen LogP contribution in [0.4, 0.5) is 5.69 Å². The molecule has 1 fully saturated rings. The van der Waals surface area contributed by atoms with Gasteiger partial charge < -0.3 is 9.64 Å². The third-order valence-electron chi connectivity index (χ3n) is 2.78. The zero-order valence-electron chi connectivity index (χ0n) is 9.12. The second kappa shape index (κ2) is 3.93. The molecule has 0 aromatic heterocycles. The summed E-state index contributed by atoms with van der Waals surface area (Å²) in [6, 6.07) is 5.89. The molecule has 15 heavy (non-hydrogen) atoms. The van der Waals surface area contributed by atoms with Gasteiger partial charge in [0.2, 0.25) is 5.91 Å². The van der Waals surface area contributed by atoms with Gasteiger partial charge in [-0.15, -0.1) is 0 Å². The Morgan fingerprint density at radius 3 is 2.80 bits per heavy atom. The van der Waals surface area contributed by atoms with E-state index in [4.69, 9.17) is 4.74 Å². The predicted molar refractivity (Wildman–Crippen MR) is 59.3 cm³/mol. The molecule has 0 saturated carbocycles. The van der Waals surface area contributed by atoms with Crippen molar-refractivity contribution in [2.45, 2.75) is 19.8 Å². The van der Waals surface area contributed by atoms with Crippen LogP contribution in [0.5, 0.6) is 5.75 Å². The fourth-order valence-electron chi connectivity index (χ4n) is 1.90. The topological polar surface area (TPSA) is 29.5 Å². The molecule has 0 radical (unpaired) electrons. The van der Waals surface area contributed by atoms with Gasteiger partial charge in [-0.1, -0.05) is 6.07 Å². The van der Waals surface area contributed by atoms with E-state index in [-0.39, 0.29) is 5.91 Å². The molecule has 0 bridgehead atoms. The van der Waals surface area contributed by atoms with Gasteiger partial charge in [-0.3, -0.25) is 4.79 Å². The first kappa shape index (κ1) is 10.0. The van der Waals surface area contributed by atoms with E-state index >= 15 is 0 Å². The molecule has 1 aromatic carbocycles. The van der Waals surface area contributed by atoms with Crippen LogP contribution in [0.3, 0.4) is 0 Å². The summed E-state index contributed by atoms with van der Waals surface area (Å²) in [5.41, 5.74) is 2.04. The Hall–Kier alpha value is -1.51. The number of hydrogen-bond donors (Lipinski definition) is 0. The molecule has 2 rings (SSSR count). The number of hydrogen-bond acceptors (Lipinski definition) is 2. The second-order valence-electron chi connectivity index (χ2n) is 3.80. The molecule has 0 N–H and O–H groups in total. The Balaban J connectivity index is 2.32. The molecule has 80 valence electrons. The van der Waals surface area contributed by atoms with Crippen LogP contribution in [0.1, 0.15) is 18.4 Å². The lowest BCUT2D eigenvalue weighted by Crippen LogP contribution is -2.23. The number of methoxy groups -OCH3 is 1. The third-order valence-corrected chi connectivity index (χ3v) is 2.78. The van der Waals surface area contributed by atoms with Gasteiger partial charge in [-0.2, -0.15) is 0 Å². The van der Waals surface area contributed by atoms with Crippen LogP contribution in [-0.2, 0) is 4.79 Å². The fourth-order valence-corrected chi connectivity index (χ4v) is 1.90. The van der Waals surface area contributed by atoms with Crippen molar-refractivity contribution in [2.75, 3.05) is 18.6 Å². The summed E-state index contributed by atoms with van der Waals surface area (Å²) < 4.78 is 5.24. The van der Waals surface area contributed by atoms with Gasteiger partial charge in [0.25, 0.3) is 0 Å². The van der Waals surface area contributed by atoms with Crippen molar-refractivity contribution in [2.24, 2.45) is 0 Å². The zero-order valence-corrected chi connectivity index (χ0v) is 9.12. The van der Waals surface area contributed by atoms with E-state index in [0.29, 0.717) is 6.42 Å². The minimum Gasteiger partial charge on any atom is -0.496 e. The van der Waals surface area contributed by atoms with Crippen molar-refractivity contribution < 1.29 is 9.53 Å². The van der Waals surface area contributed by atoms with E-state index in [0.717, 1.165) is 30.0 Å². The average Bonchev–Trinajstić information content (AvgIpc) is 2.65. The van der Waals surface area contributed by atoms with Crippen LogP contribution in [-0.4, -0.2) is 19.6 Å². The Labute approximate surface area is 89.7 Å². The van der Waals surface area contributed by atoms with Crippen LogP contribution < -0.4 is 9.64 Å². The van der Waals surface area contributed by atoms with E-state index in [1.54, 1.807) is 7.11 Å². The second-order valence-corrected chi connectivity index (χ2v) is 3.80. The van der Waals surface area contributed by atoms with Crippen molar-refractivity contribution in [3.63, 3.8) is 0 Å². The van der Waals surface area contributed by atoms with Crippen molar-refractivity contribution in [3.8, 4) is 5.75 Å². The standard InChI is InChI=1S/C12H15NO2/c1-9-5-6-10(8-11(9)15-2)13-7-3-4-12(13)14/h5-6,8H,3-4,7H2,1-2H3. The third kappa shape index (κ3) is 1.82. The number of carbonyl (C=O) groups excluding carboxylic acids is 1. The SMILES string of the molecule is COc1cc(N2CCCC2=O)ccc1C. The molecule has 0 spiro atoms. The fraction of sp³-hybridized carbons (Fsp3) is 0.417. The molecule has 0 atom stereocenters.